The van der Waals surface area contributed by atoms with Crippen LogP contribution >= 0.6 is 11.3 Å². The fourth-order valence-electron chi connectivity index (χ4n) is 1.93. The van der Waals surface area contributed by atoms with Gasteiger partial charge in [0.25, 0.3) is 0 Å². The van der Waals surface area contributed by atoms with Crippen LogP contribution in [0.5, 0.6) is 0 Å². The van der Waals surface area contributed by atoms with Crippen molar-refractivity contribution >= 4 is 28.2 Å². The molecule has 2 aromatic rings. The van der Waals surface area contributed by atoms with Gasteiger partial charge in [0.1, 0.15) is 0 Å². The Hall–Kier alpha value is -1.86. The van der Waals surface area contributed by atoms with Gasteiger partial charge in [0.15, 0.2) is 5.82 Å². The second-order valence-corrected chi connectivity index (χ2v) is 4.96. The van der Waals surface area contributed by atoms with Gasteiger partial charge in [-0.25, -0.2) is 4.79 Å². The molecule has 0 saturated heterocycles. The number of carbonyl (C=O) groups is 1. The number of aromatic amines is 1. The highest BCUT2D eigenvalue weighted by Crippen LogP contribution is 2.20. The fourth-order valence-corrected chi connectivity index (χ4v) is 2.54. The fraction of sp³-hybridized carbons (Fsp3) is 0.273. The Bertz CT molecular complexity index is 548. The van der Waals surface area contributed by atoms with Crippen LogP contribution in [0.25, 0.3) is 0 Å². The van der Waals surface area contributed by atoms with E-state index in [9.17, 15) is 4.79 Å². The molecule has 0 atom stereocenters. The monoisotopic (exact) mass is 263 g/mol. The van der Waals surface area contributed by atoms with Gasteiger partial charge in [-0.05, 0) is 17.5 Å². The number of rotatable bonds is 2. The van der Waals surface area contributed by atoms with Crippen molar-refractivity contribution in [1.82, 2.24) is 15.5 Å². The van der Waals surface area contributed by atoms with Gasteiger partial charge in [-0.15, -0.1) is 11.3 Å². The Kier molecular flexibility index (Phi) is 2.99. The molecule has 94 valence electrons. The van der Waals surface area contributed by atoms with Crippen LogP contribution in [0.3, 0.4) is 0 Å². The van der Waals surface area contributed by atoms with Gasteiger partial charge in [0.2, 0.25) is 0 Å². The van der Waals surface area contributed by atoms with E-state index in [2.05, 4.69) is 26.1 Å². The van der Waals surface area contributed by atoms with E-state index in [4.69, 9.17) is 0 Å². The number of urea groups is 1. The number of anilines is 2. The first-order valence-electron chi connectivity index (χ1n) is 5.71. The number of nitrogens with one attached hydrogen (secondary N) is 4. The molecular formula is C11H13N5OS. The van der Waals surface area contributed by atoms with Gasteiger partial charge < -0.3 is 5.32 Å². The van der Waals surface area contributed by atoms with Crippen LogP contribution in [-0.4, -0.2) is 22.8 Å². The molecule has 0 bridgehead atoms. The molecule has 18 heavy (non-hydrogen) atoms. The van der Waals surface area contributed by atoms with Gasteiger partial charge in [-0.2, -0.15) is 5.10 Å². The number of hydrogen-bond donors (Lipinski definition) is 4. The molecule has 2 aromatic heterocycles. The summed E-state index contributed by atoms with van der Waals surface area (Å²) < 4.78 is 0. The summed E-state index contributed by atoms with van der Waals surface area (Å²) in [6.07, 6.45) is 0.913. The number of aromatic nitrogens is 2. The Morgan fingerprint density at radius 2 is 2.39 bits per heavy atom. The van der Waals surface area contributed by atoms with Gasteiger partial charge in [0.05, 0.1) is 5.00 Å². The summed E-state index contributed by atoms with van der Waals surface area (Å²) >= 11 is 1.48. The second-order valence-electron chi connectivity index (χ2n) is 4.01. The zero-order valence-corrected chi connectivity index (χ0v) is 10.4. The van der Waals surface area contributed by atoms with E-state index in [1.807, 2.05) is 17.5 Å². The van der Waals surface area contributed by atoms with Crippen molar-refractivity contribution in [2.24, 2.45) is 0 Å². The summed E-state index contributed by atoms with van der Waals surface area (Å²) in [6.45, 7) is 1.68. The predicted octanol–water partition coefficient (Wildman–Crippen LogP) is 1.76. The van der Waals surface area contributed by atoms with Crippen molar-refractivity contribution < 1.29 is 4.79 Å². The lowest BCUT2D eigenvalue weighted by molar-refractivity contribution is 0.262. The normalized spacial score (nSPS) is 14.0. The third kappa shape index (κ3) is 2.22. The van der Waals surface area contributed by atoms with Gasteiger partial charge in [-0.1, -0.05) is 0 Å². The Labute approximate surface area is 108 Å². The maximum Gasteiger partial charge on any atom is 0.325 e. The predicted molar refractivity (Wildman–Crippen MR) is 71.0 cm³/mol. The smallest absolute Gasteiger partial charge is 0.312 e. The molecule has 0 aliphatic carbocycles. The number of amides is 2. The molecule has 1 aliphatic rings. The molecule has 6 nitrogen and oxygen atoms in total. The lowest BCUT2D eigenvalue weighted by Crippen LogP contribution is -2.25. The van der Waals surface area contributed by atoms with E-state index < -0.39 is 0 Å². The summed E-state index contributed by atoms with van der Waals surface area (Å²) in [5.41, 5.74) is 2.14. The third-order valence-corrected chi connectivity index (χ3v) is 3.58. The second kappa shape index (κ2) is 4.79. The molecule has 1 aliphatic heterocycles. The molecule has 3 rings (SSSR count). The molecule has 4 N–H and O–H groups in total. The van der Waals surface area contributed by atoms with Crippen LogP contribution in [0, 0.1) is 0 Å². The van der Waals surface area contributed by atoms with E-state index in [1.165, 1.54) is 11.3 Å². The first-order valence-corrected chi connectivity index (χ1v) is 6.59. The van der Waals surface area contributed by atoms with E-state index >= 15 is 0 Å². The van der Waals surface area contributed by atoms with Crippen molar-refractivity contribution in [3.05, 3.63) is 28.8 Å². The zero-order valence-electron chi connectivity index (χ0n) is 9.62. The van der Waals surface area contributed by atoms with Crippen LogP contribution in [0.2, 0.25) is 0 Å². The van der Waals surface area contributed by atoms with E-state index in [0.29, 0.717) is 5.82 Å². The van der Waals surface area contributed by atoms with Gasteiger partial charge in [0, 0.05) is 30.8 Å². The van der Waals surface area contributed by atoms with E-state index in [0.717, 1.165) is 35.8 Å². The number of hydrogen-bond acceptors (Lipinski definition) is 4. The number of thiophene rings is 1. The molecule has 0 unspecified atom stereocenters. The number of fused-ring (bicyclic) bond motifs is 1. The number of carbonyl (C=O) groups excluding carboxylic acids is 1. The number of H-pyrrole nitrogens is 1. The first kappa shape index (κ1) is 11.2. The maximum absolute atomic E-state index is 11.8. The highest BCUT2D eigenvalue weighted by Gasteiger charge is 2.17. The highest BCUT2D eigenvalue weighted by molar-refractivity contribution is 7.14. The molecular weight excluding hydrogens is 250 g/mol. The van der Waals surface area contributed by atoms with Crippen LogP contribution in [-0.2, 0) is 13.0 Å². The lowest BCUT2D eigenvalue weighted by Gasteiger charge is -2.13. The topological polar surface area (TPSA) is 81.8 Å². The van der Waals surface area contributed by atoms with Crippen LogP contribution in [0.15, 0.2) is 17.5 Å². The quantitative estimate of drug-likeness (QED) is 0.666. The molecule has 0 radical (unpaired) electrons. The average molecular weight is 263 g/mol. The van der Waals surface area contributed by atoms with E-state index in [1.54, 1.807) is 0 Å². The Morgan fingerprint density at radius 1 is 1.44 bits per heavy atom. The largest absolute Gasteiger partial charge is 0.325 e. The molecule has 3 heterocycles. The summed E-state index contributed by atoms with van der Waals surface area (Å²) in [6, 6.07) is 3.48. The molecule has 7 heteroatoms. The van der Waals surface area contributed by atoms with Crippen molar-refractivity contribution in [2.75, 3.05) is 17.2 Å². The Morgan fingerprint density at radius 3 is 3.22 bits per heavy atom. The Balaban J connectivity index is 1.69. The van der Waals surface area contributed by atoms with Crippen LogP contribution in [0.4, 0.5) is 15.6 Å². The summed E-state index contributed by atoms with van der Waals surface area (Å²) in [5, 5.41) is 18.6. The van der Waals surface area contributed by atoms with Crippen molar-refractivity contribution in [1.29, 1.82) is 0 Å². The lowest BCUT2D eigenvalue weighted by atomic mass is 10.1. The molecule has 0 spiro atoms. The van der Waals surface area contributed by atoms with E-state index in [-0.39, 0.29) is 6.03 Å². The van der Waals surface area contributed by atoms with Gasteiger partial charge >= 0.3 is 6.03 Å². The number of nitrogens with zero attached hydrogens (tertiary/aromatic N) is 1. The minimum Gasteiger partial charge on any atom is -0.312 e. The highest BCUT2D eigenvalue weighted by atomic mass is 32.1. The molecule has 0 aromatic carbocycles. The van der Waals surface area contributed by atoms with Crippen molar-refractivity contribution in [3.8, 4) is 0 Å². The third-order valence-electron chi connectivity index (χ3n) is 2.80. The summed E-state index contributed by atoms with van der Waals surface area (Å²) in [7, 11) is 0. The summed E-state index contributed by atoms with van der Waals surface area (Å²) in [5.74, 6) is 0.603. The standard InChI is InChI=1S/C11H13N5OS/c17-11(13-9-2-1-5-18-9)14-10-7-6-12-4-3-8(7)15-16-10/h1-2,5,12H,3-4,6H2,(H3,13,14,15,16,17). The molecule has 0 saturated carbocycles. The van der Waals surface area contributed by atoms with Gasteiger partial charge in [-0.3, -0.25) is 15.7 Å². The van der Waals surface area contributed by atoms with Crippen LogP contribution in [0.1, 0.15) is 11.3 Å². The SMILES string of the molecule is O=C(Nc1cccs1)Nc1n[nH]c2c1CNCC2. The minimum atomic E-state index is -0.266. The molecule has 0 fully saturated rings. The first-order chi connectivity index (χ1) is 8.83. The summed E-state index contributed by atoms with van der Waals surface area (Å²) in [4.78, 5) is 11.8. The van der Waals surface area contributed by atoms with Crippen molar-refractivity contribution in [2.45, 2.75) is 13.0 Å². The van der Waals surface area contributed by atoms with Crippen LogP contribution < -0.4 is 16.0 Å². The zero-order chi connectivity index (χ0) is 12.4. The minimum absolute atomic E-state index is 0.266. The molecule has 2 amide bonds. The maximum atomic E-state index is 11.8. The average Bonchev–Trinajstić information content (AvgIpc) is 3.00. The van der Waals surface area contributed by atoms with Crippen molar-refractivity contribution in [3.63, 3.8) is 0 Å².